The molecule has 0 radical (unpaired) electrons. The molecule has 2 aromatic carbocycles. The number of piperazine rings is 1. The van der Waals surface area contributed by atoms with Gasteiger partial charge < -0.3 is 15.0 Å². The number of nitrogens with one attached hydrogen (secondary N) is 1. The Morgan fingerprint density at radius 3 is 2.52 bits per heavy atom. The molecule has 1 unspecified atom stereocenters. The van der Waals surface area contributed by atoms with E-state index in [1.807, 2.05) is 31.2 Å². The summed E-state index contributed by atoms with van der Waals surface area (Å²) >= 11 is 6.28. The van der Waals surface area contributed by atoms with Crippen LogP contribution < -0.4 is 15.0 Å². The second-order valence-electron chi connectivity index (χ2n) is 6.78. The lowest BCUT2D eigenvalue weighted by molar-refractivity contribution is -0.384. The maximum absolute atomic E-state index is 12.8. The molecule has 2 aromatic rings. The summed E-state index contributed by atoms with van der Waals surface area (Å²) < 4.78 is 5.21. The Morgan fingerprint density at radius 2 is 1.90 bits per heavy atom. The molecule has 0 bridgehead atoms. The SMILES string of the molecule is COc1ccc([N+](=O)[O-])cc1NC(=O)C(C)N1CCN(c2ccccc2Cl)CC1. The number of nitrogens with zero attached hydrogens (tertiary/aromatic N) is 3. The highest BCUT2D eigenvalue weighted by molar-refractivity contribution is 6.33. The Morgan fingerprint density at radius 1 is 1.21 bits per heavy atom. The first-order valence-corrected chi connectivity index (χ1v) is 9.65. The number of carbonyl (C=O) groups is 1. The largest absolute Gasteiger partial charge is 0.495 e. The minimum absolute atomic E-state index is 0.109. The standard InChI is InChI=1S/C20H23ClN4O4/c1-14(20(26)22-17-13-15(25(27)28)7-8-19(17)29-2)23-9-11-24(12-10-23)18-6-4-3-5-16(18)21/h3-8,13-14H,9-12H2,1-2H3,(H,22,26). The molecule has 8 nitrogen and oxygen atoms in total. The Bertz CT molecular complexity index is 900. The van der Waals surface area contributed by atoms with E-state index >= 15 is 0 Å². The van der Waals surface area contributed by atoms with E-state index in [0.717, 1.165) is 18.8 Å². The van der Waals surface area contributed by atoms with Gasteiger partial charge in [0.05, 0.1) is 34.5 Å². The van der Waals surface area contributed by atoms with Crippen LogP contribution in [0.1, 0.15) is 6.92 Å². The lowest BCUT2D eigenvalue weighted by Gasteiger charge is -2.38. The number of non-ortho nitro benzene ring substituents is 1. The van der Waals surface area contributed by atoms with Gasteiger partial charge in [0, 0.05) is 38.3 Å². The van der Waals surface area contributed by atoms with E-state index in [-0.39, 0.29) is 17.3 Å². The van der Waals surface area contributed by atoms with Crippen LogP contribution >= 0.6 is 11.6 Å². The Hall–Kier alpha value is -2.84. The van der Waals surface area contributed by atoms with E-state index in [2.05, 4.69) is 15.1 Å². The molecule has 1 atom stereocenters. The fourth-order valence-corrected chi connectivity index (χ4v) is 3.62. The molecule has 0 aliphatic carbocycles. The molecule has 29 heavy (non-hydrogen) atoms. The van der Waals surface area contributed by atoms with Crippen LogP contribution in [0.25, 0.3) is 0 Å². The molecule has 3 rings (SSSR count). The van der Waals surface area contributed by atoms with Crippen molar-refractivity contribution in [3.63, 3.8) is 0 Å². The summed E-state index contributed by atoms with van der Waals surface area (Å²) in [7, 11) is 1.45. The monoisotopic (exact) mass is 418 g/mol. The first-order valence-electron chi connectivity index (χ1n) is 9.27. The predicted molar refractivity (Wildman–Crippen MR) is 113 cm³/mol. The fraction of sp³-hybridized carbons (Fsp3) is 0.350. The van der Waals surface area contributed by atoms with Crippen LogP contribution in [0.4, 0.5) is 17.1 Å². The molecule has 1 aliphatic rings. The van der Waals surface area contributed by atoms with Gasteiger partial charge in [0.15, 0.2) is 0 Å². The number of ether oxygens (including phenoxy) is 1. The van der Waals surface area contributed by atoms with Crippen LogP contribution in [-0.4, -0.2) is 55.1 Å². The number of nitro groups is 1. The smallest absolute Gasteiger partial charge is 0.271 e. The molecule has 1 aliphatic heterocycles. The molecule has 9 heteroatoms. The minimum Gasteiger partial charge on any atom is -0.495 e. The number of carbonyl (C=O) groups excluding carboxylic acids is 1. The Labute approximate surface area is 174 Å². The third-order valence-corrected chi connectivity index (χ3v) is 5.41. The van der Waals surface area contributed by atoms with Crippen molar-refractivity contribution >= 4 is 34.6 Å². The summed E-state index contributed by atoms with van der Waals surface area (Å²) in [5.74, 6) is 0.134. The van der Waals surface area contributed by atoms with Gasteiger partial charge in [-0.15, -0.1) is 0 Å². The first kappa shape index (κ1) is 20.9. The number of para-hydroxylation sites is 1. The van der Waals surface area contributed by atoms with Crippen LogP contribution in [0.3, 0.4) is 0 Å². The van der Waals surface area contributed by atoms with E-state index in [9.17, 15) is 14.9 Å². The minimum atomic E-state index is -0.507. The summed E-state index contributed by atoms with van der Waals surface area (Å²) in [6, 6.07) is 11.4. The second kappa shape index (κ2) is 9.11. The van der Waals surface area contributed by atoms with Crippen molar-refractivity contribution in [2.75, 3.05) is 43.5 Å². The van der Waals surface area contributed by atoms with Crippen molar-refractivity contribution in [1.29, 1.82) is 0 Å². The van der Waals surface area contributed by atoms with Crippen LogP contribution in [0.2, 0.25) is 5.02 Å². The Kier molecular flexibility index (Phi) is 6.56. The zero-order valence-corrected chi connectivity index (χ0v) is 17.1. The summed E-state index contributed by atoms with van der Waals surface area (Å²) in [5.41, 5.74) is 1.17. The molecular weight excluding hydrogens is 396 g/mol. The predicted octanol–water partition coefficient (Wildman–Crippen LogP) is 3.41. The maximum Gasteiger partial charge on any atom is 0.271 e. The van der Waals surface area contributed by atoms with Gasteiger partial charge in [-0.1, -0.05) is 23.7 Å². The first-order chi connectivity index (χ1) is 13.9. The number of benzene rings is 2. The number of anilines is 2. The molecule has 154 valence electrons. The van der Waals surface area contributed by atoms with Crippen molar-refractivity contribution in [2.45, 2.75) is 13.0 Å². The van der Waals surface area contributed by atoms with Crippen LogP contribution in [0.15, 0.2) is 42.5 Å². The van der Waals surface area contributed by atoms with Crippen LogP contribution in [-0.2, 0) is 4.79 Å². The van der Waals surface area contributed by atoms with E-state index in [1.54, 1.807) is 0 Å². The van der Waals surface area contributed by atoms with Crippen LogP contribution in [0, 0.1) is 10.1 Å². The molecule has 0 spiro atoms. The number of methoxy groups -OCH3 is 1. The Balaban J connectivity index is 1.64. The number of nitro benzene ring substituents is 1. The summed E-state index contributed by atoms with van der Waals surface area (Å²) in [6.07, 6.45) is 0. The quantitative estimate of drug-likeness (QED) is 0.571. The summed E-state index contributed by atoms with van der Waals surface area (Å²) in [6.45, 7) is 4.73. The summed E-state index contributed by atoms with van der Waals surface area (Å²) in [4.78, 5) is 27.5. The molecule has 1 saturated heterocycles. The molecule has 1 fully saturated rings. The zero-order valence-electron chi connectivity index (χ0n) is 16.3. The van der Waals surface area contributed by atoms with E-state index in [4.69, 9.17) is 16.3 Å². The van der Waals surface area contributed by atoms with Gasteiger partial charge in [0.25, 0.3) is 5.69 Å². The number of hydrogen-bond donors (Lipinski definition) is 1. The normalized spacial score (nSPS) is 15.6. The maximum atomic E-state index is 12.8. The highest BCUT2D eigenvalue weighted by Crippen LogP contribution is 2.30. The van der Waals surface area contributed by atoms with Gasteiger partial charge in [-0.05, 0) is 25.1 Å². The van der Waals surface area contributed by atoms with Crippen LogP contribution in [0.5, 0.6) is 5.75 Å². The van der Waals surface area contributed by atoms with E-state index < -0.39 is 11.0 Å². The van der Waals surface area contributed by atoms with E-state index in [0.29, 0.717) is 23.9 Å². The van der Waals surface area contributed by atoms with Gasteiger partial charge in [-0.2, -0.15) is 0 Å². The fourth-order valence-electron chi connectivity index (χ4n) is 3.37. The topological polar surface area (TPSA) is 87.9 Å². The van der Waals surface area contributed by atoms with Crippen molar-refractivity contribution in [3.05, 3.63) is 57.6 Å². The number of halogens is 1. The molecule has 0 aromatic heterocycles. The third-order valence-electron chi connectivity index (χ3n) is 5.09. The lowest BCUT2D eigenvalue weighted by atomic mass is 10.2. The second-order valence-corrected chi connectivity index (χ2v) is 7.19. The molecule has 1 N–H and O–H groups in total. The molecule has 0 saturated carbocycles. The molecule has 1 heterocycles. The summed E-state index contributed by atoms with van der Waals surface area (Å²) in [5, 5.41) is 14.5. The number of hydrogen-bond acceptors (Lipinski definition) is 6. The number of amides is 1. The van der Waals surface area contributed by atoms with Gasteiger partial charge in [0.1, 0.15) is 5.75 Å². The van der Waals surface area contributed by atoms with Crippen molar-refractivity contribution in [1.82, 2.24) is 4.90 Å². The average molecular weight is 419 g/mol. The zero-order chi connectivity index (χ0) is 21.0. The highest BCUT2D eigenvalue weighted by Gasteiger charge is 2.27. The van der Waals surface area contributed by atoms with Gasteiger partial charge in [-0.3, -0.25) is 19.8 Å². The lowest BCUT2D eigenvalue weighted by Crippen LogP contribution is -2.52. The molecule has 1 amide bonds. The van der Waals surface area contributed by atoms with Crippen molar-refractivity contribution in [2.24, 2.45) is 0 Å². The number of rotatable bonds is 6. The van der Waals surface area contributed by atoms with Gasteiger partial charge in [0.2, 0.25) is 5.91 Å². The van der Waals surface area contributed by atoms with Gasteiger partial charge in [-0.25, -0.2) is 0 Å². The molecular formula is C20H23ClN4O4. The average Bonchev–Trinajstić information content (AvgIpc) is 2.73. The van der Waals surface area contributed by atoms with Gasteiger partial charge >= 0.3 is 0 Å². The van der Waals surface area contributed by atoms with Crippen molar-refractivity contribution in [3.8, 4) is 5.75 Å². The highest BCUT2D eigenvalue weighted by atomic mass is 35.5. The van der Waals surface area contributed by atoms with E-state index in [1.165, 1.54) is 25.3 Å². The van der Waals surface area contributed by atoms with Crippen molar-refractivity contribution < 1.29 is 14.5 Å². The third kappa shape index (κ3) is 4.78.